The van der Waals surface area contributed by atoms with Gasteiger partial charge in [-0.25, -0.2) is 9.37 Å². The van der Waals surface area contributed by atoms with Crippen molar-refractivity contribution in [1.82, 2.24) is 9.97 Å². The van der Waals surface area contributed by atoms with Crippen LogP contribution < -0.4 is 5.32 Å². The molecule has 2 aromatic carbocycles. The Bertz CT molecular complexity index is 1190. The molecule has 4 aromatic rings. The van der Waals surface area contributed by atoms with E-state index in [1.54, 1.807) is 24.4 Å². The maximum Gasteiger partial charge on any atom is 0.416 e. The van der Waals surface area contributed by atoms with Crippen molar-refractivity contribution in [3.05, 3.63) is 101 Å². The molecule has 1 N–H and O–H groups in total. The fraction of sp³-hybridized carbons (Fsp3) is 0.0909. The van der Waals surface area contributed by atoms with Crippen molar-refractivity contribution >= 4 is 28.3 Å². The molecule has 0 aliphatic rings. The number of nitrogens with zero attached hydrogens (tertiary/aromatic N) is 2. The van der Waals surface area contributed by atoms with E-state index in [0.717, 1.165) is 23.7 Å². The lowest BCUT2D eigenvalue weighted by atomic mass is 9.95. The van der Waals surface area contributed by atoms with Crippen LogP contribution in [-0.4, -0.2) is 9.97 Å². The monoisotopic (exact) mass is 431 g/mol. The van der Waals surface area contributed by atoms with E-state index in [2.05, 4.69) is 15.3 Å². The minimum absolute atomic E-state index is 0.156. The molecule has 1 atom stereocenters. The topological polar surface area (TPSA) is 37.8 Å². The largest absolute Gasteiger partial charge is 0.416 e. The summed E-state index contributed by atoms with van der Waals surface area (Å²) >= 11 is 6.30. The average molecular weight is 432 g/mol. The van der Waals surface area contributed by atoms with E-state index >= 15 is 0 Å². The van der Waals surface area contributed by atoms with Gasteiger partial charge in [0.1, 0.15) is 11.6 Å². The van der Waals surface area contributed by atoms with Gasteiger partial charge in [-0.3, -0.25) is 4.98 Å². The zero-order valence-electron chi connectivity index (χ0n) is 15.3. The molecule has 1 unspecified atom stereocenters. The molecule has 4 rings (SSSR count). The van der Waals surface area contributed by atoms with Gasteiger partial charge < -0.3 is 5.32 Å². The van der Waals surface area contributed by atoms with Crippen molar-refractivity contribution in [2.24, 2.45) is 0 Å². The molecule has 3 nitrogen and oxygen atoms in total. The highest BCUT2D eigenvalue weighted by atomic mass is 35.5. The van der Waals surface area contributed by atoms with Gasteiger partial charge in [0.05, 0.1) is 23.3 Å². The third-order valence-electron chi connectivity index (χ3n) is 4.62. The molecule has 2 heterocycles. The lowest BCUT2D eigenvalue weighted by Gasteiger charge is -2.23. The van der Waals surface area contributed by atoms with Crippen LogP contribution in [0.15, 0.2) is 73.1 Å². The first kappa shape index (κ1) is 20.1. The summed E-state index contributed by atoms with van der Waals surface area (Å²) in [6.45, 7) is 0. The minimum Gasteiger partial charge on any atom is -0.359 e. The Kier molecular flexibility index (Phi) is 5.30. The normalized spacial score (nSPS) is 12.7. The third-order valence-corrected chi connectivity index (χ3v) is 4.96. The summed E-state index contributed by atoms with van der Waals surface area (Å²) in [6.07, 6.45) is -1.87. The quantitative estimate of drug-likeness (QED) is 0.368. The van der Waals surface area contributed by atoms with Crippen molar-refractivity contribution in [3.63, 3.8) is 0 Å². The Morgan fingerprint density at radius 3 is 2.50 bits per heavy atom. The van der Waals surface area contributed by atoms with Gasteiger partial charge in [-0.2, -0.15) is 13.2 Å². The molecule has 0 spiro atoms. The van der Waals surface area contributed by atoms with Gasteiger partial charge in [0.2, 0.25) is 0 Å². The second-order valence-electron chi connectivity index (χ2n) is 6.63. The van der Waals surface area contributed by atoms with Crippen LogP contribution >= 0.6 is 11.6 Å². The summed E-state index contributed by atoms with van der Waals surface area (Å²) in [7, 11) is 0. The molecule has 0 aliphatic carbocycles. The highest BCUT2D eigenvalue weighted by molar-refractivity contribution is 6.31. The third kappa shape index (κ3) is 4.21. The molecule has 0 saturated carbocycles. The smallest absolute Gasteiger partial charge is 0.359 e. The first-order valence-electron chi connectivity index (χ1n) is 8.91. The van der Waals surface area contributed by atoms with Crippen LogP contribution in [0.4, 0.5) is 23.4 Å². The molecule has 0 radical (unpaired) electrons. The summed E-state index contributed by atoms with van der Waals surface area (Å²) in [6, 6.07) is 14.0. The van der Waals surface area contributed by atoms with E-state index < -0.39 is 23.6 Å². The Hall–Kier alpha value is -3.19. The number of rotatable bonds is 4. The Balaban J connectivity index is 1.85. The van der Waals surface area contributed by atoms with E-state index in [4.69, 9.17) is 11.6 Å². The molecule has 0 fully saturated rings. The predicted molar refractivity (Wildman–Crippen MR) is 108 cm³/mol. The minimum atomic E-state index is -4.52. The van der Waals surface area contributed by atoms with Crippen molar-refractivity contribution < 1.29 is 17.6 Å². The van der Waals surface area contributed by atoms with Crippen LogP contribution in [0.1, 0.15) is 22.7 Å². The maximum atomic E-state index is 13.3. The van der Waals surface area contributed by atoms with Gasteiger partial charge in [0.25, 0.3) is 0 Å². The maximum absolute atomic E-state index is 13.3. The molecule has 0 bridgehead atoms. The van der Waals surface area contributed by atoms with Crippen molar-refractivity contribution in [2.75, 3.05) is 5.32 Å². The predicted octanol–water partition coefficient (Wildman–Crippen LogP) is 6.64. The van der Waals surface area contributed by atoms with E-state index in [-0.39, 0.29) is 16.4 Å². The molecular weight excluding hydrogens is 418 g/mol. The Labute approximate surface area is 174 Å². The number of aromatic nitrogens is 2. The second kappa shape index (κ2) is 7.91. The number of hydrogen-bond donors (Lipinski definition) is 1. The molecular formula is C22H14ClF4N3. The zero-order chi connectivity index (χ0) is 21.3. The van der Waals surface area contributed by atoms with Crippen molar-refractivity contribution in [1.29, 1.82) is 0 Å². The number of pyridine rings is 2. The fourth-order valence-corrected chi connectivity index (χ4v) is 3.38. The number of alkyl halides is 3. The van der Waals surface area contributed by atoms with Crippen molar-refractivity contribution in [3.8, 4) is 0 Å². The SMILES string of the molecule is Fc1ccc(NC(c2ccc3cccnc3c2)c2cc(C(F)(F)F)ccc2Cl)nc1. The molecule has 0 amide bonds. The van der Waals surface area contributed by atoms with Crippen LogP contribution in [0.2, 0.25) is 5.02 Å². The van der Waals surface area contributed by atoms with Crippen LogP contribution in [0.3, 0.4) is 0 Å². The van der Waals surface area contributed by atoms with Gasteiger partial charge in [-0.15, -0.1) is 0 Å². The Morgan fingerprint density at radius 2 is 1.77 bits per heavy atom. The molecule has 2 aromatic heterocycles. The highest BCUT2D eigenvalue weighted by Crippen LogP contribution is 2.37. The number of benzene rings is 2. The van der Waals surface area contributed by atoms with E-state index in [0.29, 0.717) is 11.1 Å². The summed E-state index contributed by atoms with van der Waals surface area (Å²) in [5, 5.41) is 4.11. The van der Waals surface area contributed by atoms with Gasteiger partial charge in [-0.1, -0.05) is 29.8 Å². The first-order valence-corrected chi connectivity index (χ1v) is 9.28. The first-order chi connectivity index (χ1) is 14.3. The molecule has 0 aliphatic heterocycles. The standard InChI is InChI=1S/C22H14ClF4N3/c23-18-7-5-15(22(25,26)27)11-17(18)21(30-20-8-6-16(24)12-29-20)14-4-3-13-2-1-9-28-19(13)10-14/h1-12,21H,(H,29,30). The summed E-state index contributed by atoms with van der Waals surface area (Å²) < 4.78 is 53.2. The molecule has 152 valence electrons. The van der Waals surface area contributed by atoms with Crippen LogP contribution in [0, 0.1) is 5.82 Å². The van der Waals surface area contributed by atoms with E-state index in [1.807, 2.05) is 12.1 Å². The average Bonchev–Trinajstić information content (AvgIpc) is 2.73. The molecule has 8 heteroatoms. The van der Waals surface area contributed by atoms with E-state index in [9.17, 15) is 17.6 Å². The Morgan fingerprint density at radius 1 is 0.933 bits per heavy atom. The van der Waals surface area contributed by atoms with Crippen molar-refractivity contribution in [2.45, 2.75) is 12.2 Å². The van der Waals surface area contributed by atoms with E-state index in [1.165, 1.54) is 18.2 Å². The van der Waals surface area contributed by atoms with Gasteiger partial charge in [0, 0.05) is 16.6 Å². The molecule has 0 saturated heterocycles. The van der Waals surface area contributed by atoms with Gasteiger partial charge in [-0.05, 0) is 53.6 Å². The number of halogens is 5. The van der Waals surface area contributed by atoms with Gasteiger partial charge >= 0.3 is 6.18 Å². The molecule has 30 heavy (non-hydrogen) atoms. The summed E-state index contributed by atoms with van der Waals surface area (Å²) in [5.41, 5.74) is 0.707. The number of anilines is 1. The number of nitrogens with one attached hydrogen (secondary N) is 1. The van der Waals surface area contributed by atoms with Gasteiger partial charge in [0.15, 0.2) is 0 Å². The summed E-state index contributed by atoms with van der Waals surface area (Å²) in [5.74, 6) is -0.236. The lowest BCUT2D eigenvalue weighted by molar-refractivity contribution is -0.137. The van der Waals surface area contributed by atoms with Crippen LogP contribution in [-0.2, 0) is 6.18 Å². The highest BCUT2D eigenvalue weighted by Gasteiger charge is 2.32. The van der Waals surface area contributed by atoms with Crippen LogP contribution in [0.25, 0.3) is 10.9 Å². The second-order valence-corrected chi connectivity index (χ2v) is 7.04. The number of hydrogen-bond acceptors (Lipinski definition) is 3. The van der Waals surface area contributed by atoms with Crippen LogP contribution in [0.5, 0.6) is 0 Å². The lowest BCUT2D eigenvalue weighted by Crippen LogP contribution is -2.15. The zero-order valence-corrected chi connectivity index (χ0v) is 16.0. The number of fused-ring (bicyclic) bond motifs is 1. The fourth-order valence-electron chi connectivity index (χ4n) is 3.15. The summed E-state index contributed by atoms with van der Waals surface area (Å²) in [4.78, 5) is 8.28.